The summed E-state index contributed by atoms with van der Waals surface area (Å²) in [5.41, 5.74) is 5.64. The van der Waals surface area contributed by atoms with Gasteiger partial charge in [0.05, 0.1) is 7.11 Å². The molecule has 148 valence electrons. The van der Waals surface area contributed by atoms with E-state index in [9.17, 15) is 4.79 Å². The summed E-state index contributed by atoms with van der Waals surface area (Å²) in [5.74, 6) is 6.33. The first-order valence-corrected chi connectivity index (χ1v) is 9.71. The molecule has 0 saturated carbocycles. The average Bonchev–Trinajstić information content (AvgIpc) is 3.13. The Hall–Kier alpha value is -3.39. The van der Waals surface area contributed by atoms with E-state index >= 15 is 0 Å². The summed E-state index contributed by atoms with van der Waals surface area (Å²) >= 11 is 0. The van der Waals surface area contributed by atoms with E-state index in [2.05, 4.69) is 41.9 Å². The second-order valence-corrected chi connectivity index (χ2v) is 7.12. The van der Waals surface area contributed by atoms with Crippen LogP contribution in [-0.2, 0) is 11.2 Å². The standard InChI is InChI=1S/C24H24N2O3/c1-4-5-15-29-24(27)26-14-13-20-19-8-6-7-16(2)21(19)25-22(20)23(26)17-9-11-18(28-3)12-10-17/h6-12,23,25H,13-15H2,1-3H3. The van der Waals surface area contributed by atoms with Gasteiger partial charge in [-0.15, -0.1) is 5.92 Å². The highest BCUT2D eigenvalue weighted by molar-refractivity contribution is 5.88. The lowest BCUT2D eigenvalue weighted by molar-refractivity contribution is 0.0993. The number of rotatable bonds is 3. The van der Waals surface area contributed by atoms with Crippen molar-refractivity contribution in [2.45, 2.75) is 26.3 Å². The van der Waals surface area contributed by atoms with Gasteiger partial charge in [-0.05, 0) is 49.1 Å². The van der Waals surface area contributed by atoms with Crippen LogP contribution in [-0.4, -0.2) is 36.2 Å². The zero-order valence-electron chi connectivity index (χ0n) is 16.9. The Balaban J connectivity index is 1.81. The van der Waals surface area contributed by atoms with Gasteiger partial charge in [0, 0.05) is 23.1 Å². The Labute approximate surface area is 170 Å². The number of carbonyl (C=O) groups is 1. The number of nitrogens with one attached hydrogen (secondary N) is 1. The molecular formula is C24H24N2O3. The molecule has 1 N–H and O–H groups in total. The molecule has 3 aromatic rings. The molecule has 0 radical (unpaired) electrons. The fourth-order valence-electron chi connectivity index (χ4n) is 4.04. The van der Waals surface area contributed by atoms with E-state index in [1.807, 2.05) is 24.3 Å². The number of hydrogen-bond acceptors (Lipinski definition) is 3. The molecule has 4 rings (SSSR count). The molecule has 1 atom stereocenters. The summed E-state index contributed by atoms with van der Waals surface area (Å²) < 4.78 is 10.7. The summed E-state index contributed by atoms with van der Waals surface area (Å²) in [6.07, 6.45) is 0.426. The van der Waals surface area contributed by atoms with Crippen molar-refractivity contribution in [1.29, 1.82) is 0 Å². The minimum atomic E-state index is -0.352. The zero-order chi connectivity index (χ0) is 20.4. The minimum absolute atomic E-state index is 0.0971. The number of fused-ring (bicyclic) bond motifs is 3. The molecule has 0 bridgehead atoms. The molecular weight excluding hydrogens is 364 g/mol. The first kappa shape index (κ1) is 18.9. The third-order valence-corrected chi connectivity index (χ3v) is 5.48. The van der Waals surface area contributed by atoms with E-state index in [1.54, 1.807) is 18.9 Å². The number of para-hydroxylation sites is 1. The molecule has 0 aliphatic carbocycles. The van der Waals surface area contributed by atoms with E-state index < -0.39 is 0 Å². The maximum Gasteiger partial charge on any atom is 0.411 e. The molecule has 2 heterocycles. The first-order chi connectivity index (χ1) is 14.1. The van der Waals surface area contributed by atoms with Crippen LogP contribution in [0.4, 0.5) is 4.79 Å². The van der Waals surface area contributed by atoms with Gasteiger partial charge >= 0.3 is 6.09 Å². The first-order valence-electron chi connectivity index (χ1n) is 9.71. The van der Waals surface area contributed by atoms with E-state index in [4.69, 9.17) is 9.47 Å². The van der Waals surface area contributed by atoms with Gasteiger partial charge in [0.1, 0.15) is 11.8 Å². The van der Waals surface area contributed by atoms with Crippen LogP contribution in [0.5, 0.6) is 5.75 Å². The van der Waals surface area contributed by atoms with Gasteiger partial charge in [0.25, 0.3) is 0 Å². The number of H-pyrrole nitrogens is 1. The predicted molar refractivity (Wildman–Crippen MR) is 113 cm³/mol. The van der Waals surface area contributed by atoms with Gasteiger partial charge in [-0.2, -0.15) is 0 Å². The Morgan fingerprint density at radius 2 is 2.03 bits per heavy atom. The summed E-state index contributed by atoms with van der Waals surface area (Å²) in [7, 11) is 1.65. The van der Waals surface area contributed by atoms with Crippen molar-refractivity contribution in [2.75, 3.05) is 20.3 Å². The average molecular weight is 388 g/mol. The smallest absolute Gasteiger partial charge is 0.411 e. The van der Waals surface area contributed by atoms with E-state index in [1.165, 1.54) is 16.5 Å². The minimum Gasteiger partial charge on any atom is -0.497 e. The van der Waals surface area contributed by atoms with Gasteiger partial charge in [0.2, 0.25) is 0 Å². The van der Waals surface area contributed by atoms with Crippen molar-refractivity contribution < 1.29 is 14.3 Å². The van der Waals surface area contributed by atoms with Crippen LogP contribution in [0, 0.1) is 18.8 Å². The number of carbonyl (C=O) groups excluding carboxylic acids is 1. The number of hydrogen-bond donors (Lipinski definition) is 1. The van der Waals surface area contributed by atoms with Crippen molar-refractivity contribution in [3.63, 3.8) is 0 Å². The van der Waals surface area contributed by atoms with Gasteiger partial charge in [-0.1, -0.05) is 36.3 Å². The largest absolute Gasteiger partial charge is 0.497 e. The molecule has 0 saturated heterocycles. The number of benzene rings is 2. The Morgan fingerprint density at radius 1 is 1.24 bits per heavy atom. The fourth-order valence-corrected chi connectivity index (χ4v) is 4.04. The predicted octanol–water partition coefficient (Wildman–Crippen LogP) is 4.59. The lowest BCUT2D eigenvalue weighted by atomic mass is 9.92. The monoisotopic (exact) mass is 388 g/mol. The summed E-state index contributed by atoms with van der Waals surface area (Å²) in [5, 5.41) is 1.23. The normalized spacial score (nSPS) is 15.4. The summed E-state index contributed by atoms with van der Waals surface area (Å²) in [6, 6.07) is 13.9. The highest BCUT2D eigenvalue weighted by Gasteiger charge is 2.35. The number of ether oxygens (including phenoxy) is 2. The van der Waals surface area contributed by atoms with Crippen LogP contribution < -0.4 is 4.74 Å². The molecule has 1 unspecified atom stereocenters. The number of nitrogens with zero attached hydrogens (tertiary/aromatic N) is 1. The zero-order valence-corrected chi connectivity index (χ0v) is 16.9. The van der Waals surface area contributed by atoms with Crippen LogP contribution in [0.25, 0.3) is 10.9 Å². The van der Waals surface area contributed by atoms with Crippen LogP contribution in [0.1, 0.15) is 35.3 Å². The SMILES string of the molecule is CC#CCOC(=O)N1CCc2c([nH]c3c(C)cccc23)C1c1ccc(OC)cc1. The third-order valence-electron chi connectivity index (χ3n) is 5.48. The quantitative estimate of drug-likeness (QED) is 0.668. The van der Waals surface area contributed by atoms with Crippen molar-refractivity contribution in [2.24, 2.45) is 0 Å². The van der Waals surface area contributed by atoms with Crippen molar-refractivity contribution in [1.82, 2.24) is 9.88 Å². The van der Waals surface area contributed by atoms with Crippen LogP contribution in [0.2, 0.25) is 0 Å². The van der Waals surface area contributed by atoms with Crippen LogP contribution >= 0.6 is 0 Å². The molecule has 1 aliphatic rings. The van der Waals surface area contributed by atoms with E-state index in [0.717, 1.165) is 28.9 Å². The van der Waals surface area contributed by atoms with Crippen LogP contribution in [0.15, 0.2) is 42.5 Å². The van der Waals surface area contributed by atoms with Crippen molar-refractivity contribution in [3.05, 3.63) is 64.8 Å². The molecule has 29 heavy (non-hydrogen) atoms. The van der Waals surface area contributed by atoms with Gasteiger partial charge in [-0.25, -0.2) is 4.79 Å². The number of aryl methyl sites for hydroxylation is 1. The lowest BCUT2D eigenvalue weighted by Gasteiger charge is -2.35. The highest BCUT2D eigenvalue weighted by atomic mass is 16.6. The summed E-state index contributed by atoms with van der Waals surface area (Å²) in [4.78, 5) is 18.3. The van der Waals surface area contributed by atoms with Gasteiger partial charge in [-0.3, -0.25) is 4.90 Å². The third kappa shape index (κ3) is 3.42. The highest BCUT2D eigenvalue weighted by Crippen LogP contribution is 2.39. The molecule has 0 fully saturated rings. The van der Waals surface area contributed by atoms with Gasteiger partial charge < -0.3 is 14.5 Å². The molecule has 0 spiro atoms. The van der Waals surface area contributed by atoms with Crippen LogP contribution in [0.3, 0.4) is 0 Å². The molecule has 1 aliphatic heterocycles. The lowest BCUT2D eigenvalue weighted by Crippen LogP contribution is -2.41. The summed E-state index contributed by atoms with van der Waals surface area (Å²) in [6.45, 7) is 4.51. The molecule has 2 aromatic carbocycles. The maximum absolute atomic E-state index is 12.9. The molecule has 5 heteroatoms. The fraction of sp³-hybridized carbons (Fsp3) is 0.292. The second-order valence-electron chi connectivity index (χ2n) is 7.12. The maximum atomic E-state index is 12.9. The molecule has 1 aromatic heterocycles. The number of aromatic nitrogens is 1. The Kier molecular flexibility index (Phi) is 5.18. The Morgan fingerprint density at radius 3 is 2.76 bits per heavy atom. The van der Waals surface area contributed by atoms with Crippen molar-refractivity contribution >= 4 is 17.0 Å². The molecule has 5 nitrogen and oxygen atoms in total. The Bertz CT molecular complexity index is 1100. The van der Waals surface area contributed by atoms with E-state index in [-0.39, 0.29) is 18.7 Å². The number of aromatic amines is 1. The number of amides is 1. The van der Waals surface area contributed by atoms with E-state index in [0.29, 0.717) is 6.54 Å². The second kappa shape index (κ2) is 7.92. The topological polar surface area (TPSA) is 54.6 Å². The van der Waals surface area contributed by atoms with Gasteiger partial charge in [0.15, 0.2) is 6.61 Å². The number of methoxy groups -OCH3 is 1. The van der Waals surface area contributed by atoms with Crippen molar-refractivity contribution in [3.8, 4) is 17.6 Å². The molecule has 1 amide bonds.